The molecule has 17 heavy (non-hydrogen) atoms. The molecule has 0 amide bonds. The number of methoxy groups -OCH3 is 1. The van der Waals surface area contributed by atoms with Gasteiger partial charge in [-0.25, -0.2) is 0 Å². The number of para-hydroxylation sites is 1. The molecule has 0 saturated carbocycles. The Labute approximate surface area is 102 Å². The summed E-state index contributed by atoms with van der Waals surface area (Å²) in [6.07, 6.45) is 0.510. The van der Waals surface area contributed by atoms with E-state index in [2.05, 4.69) is 0 Å². The Morgan fingerprint density at radius 2 is 2.00 bits per heavy atom. The molecule has 1 aromatic carbocycles. The van der Waals surface area contributed by atoms with Gasteiger partial charge in [0.05, 0.1) is 25.9 Å². The molecular formula is C13H20O4. The molecular weight excluding hydrogens is 220 g/mol. The van der Waals surface area contributed by atoms with E-state index in [1.807, 2.05) is 0 Å². The minimum absolute atomic E-state index is 0.102. The predicted molar refractivity (Wildman–Crippen MR) is 65.3 cm³/mol. The van der Waals surface area contributed by atoms with E-state index in [4.69, 9.17) is 9.47 Å². The van der Waals surface area contributed by atoms with E-state index in [0.717, 1.165) is 0 Å². The molecule has 96 valence electrons. The molecule has 0 atom stereocenters. The molecule has 4 nitrogen and oxygen atoms in total. The average Bonchev–Trinajstić information content (AvgIpc) is 2.27. The highest BCUT2D eigenvalue weighted by Crippen LogP contribution is 2.31. The SMILES string of the molecule is COc1cccc(CO)c1OCCC(C)(C)O. The molecule has 0 aliphatic carbocycles. The van der Waals surface area contributed by atoms with E-state index >= 15 is 0 Å². The van der Waals surface area contributed by atoms with Gasteiger partial charge in [-0.05, 0) is 19.9 Å². The fourth-order valence-corrected chi connectivity index (χ4v) is 1.41. The summed E-state index contributed by atoms with van der Waals surface area (Å²) in [5.41, 5.74) is -0.0819. The number of ether oxygens (including phenoxy) is 2. The lowest BCUT2D eigenvalue weighted by molar-refractivity contribution is 0.0546. The highest BCUT2D eigenvalue weighted by Gasteiger charge is 2.14. The summed E-state index contributed by atoms with van der Waals surface area (Å²) in [7, 11) is 1.55. The van der Waals surface area contributed by atoms with E-state index in [9.17, 15) is 10.2 Å². The Morgan fingerprint density at radius 1 is 1.29 bits per heavy atom. The second-order valence-corrected chi connectivity index (χ2v) is 4.52. The number of aliphatic hydroxyl groups excluding tert-OH is 1. The highest BCUT2D eigenvalue weighted by atomic mass is 16.5. The first kappa shape index (κ1) is 13.8. The van der Waals surface area contributed by atoms with Crippen molar-refractivity contribution in [3.8, 4) is 11.5 Å². The van der Waals surface area contributed by atoms with E-state index < -0.39 is 5.60 Å². The van der Waals surface area contributed by atoms with Crippen LogP contribution in [0.4, 0.5) is 0 Å². The molecule has 0 bridgehead atoms. The van der Waals surface area contributed by atoms with Crippen molar-refractivity contribution in [2.75, 3.05) is 13.7 Å². The zero-order valence-electron chi connectivity index (χ0n) is 10.6. The van der Waals surface area contributed by atoms with Crippen molar-refractivity contribution in [1.82, 2.24) is 0 Å². The standard InChI is InChI=1S/C13H20O4/c1-13(2,15)7-8-17-12-10(9-14)5-4-6-11(12)16-3/h4-6,14-15H,7-9H2,1-3H3. The normalized spacial score (nSPS) is 11.4. The summed E-state index contributed by atoms with van der Waals surface area (Å²) in [5, 5.41) is 18.8. The van der Waals surface area contributed by atoms with Crippen LogP contribution < -0.4 is 9.47 Å². The Bertz CT molecular complexity index is 333. The van der Waals surface area contributed by atoms with Crippen LogP contribution in [-0.2, 0) is 6.61 Å². The maximum atomic E-state index is 9.59. The molecule has 0 aliphatic heterocycles. The fraction of sp³-hybridized carbons (Fsp3) is 0.538. The lowest BCUT2D eigenvalue weighted by Gasteiger charge is -2.19. The van der Waals surface area contributed by atoms with Crippen molar-refractivity contribution >= 4 is 0 Å². The first-order valence-electron chi connectivity index (χ1n) is 5.60. The molecule has 0 saturated heterocycles. The van der Waals surface area contributed by atoms with Gasteiger partial charge in [0.2, 0.25) is 0 Å². The molecule has 0 spiro atoms. The van der Waals surface area contributed by atoms with Gasteiger partial charge in [-0.1, -0.05) is 12.1 Å². The van der Waals surface area contributed by atoms with Crippen molar-refractivity contribution in [3.05, 3.63) is 23.8 Å². The first-order valence-corrected chi connectivity index (χ1v) is 5.60. The number of aliphatic hydroxyl groups is 2. The summed E-state index contributed by atoms with van der Waals surface area (Å²) in [6.45, 7) is 3.73. The first-order chi connectivity index (χ1) is 7.98. The van der Waals surface area contributed by atoms with Crippen LogP contribution in [0.15, 0.2) is 18.2 Å². The van der Waals surface area contributed by atoms with Crippen molar-refractivity contribution < 1.29 is 19.7 Å². The topological polar surface area (TPSA) is 58.9 Å². The molecule has 0 unspecified atom stereocenters. The van der Waals surface area contributed by atoms with Gasteiger partial charge in [0.1, 0.15) is 0 Å². The van der Waals surface area contributed by atoms with Gasteiger partial charge in [0.15, 0.2) is 11.5 Å². The number of rotatable bonds is 6. The molecule has 4 heteroatoms. The predicted octanol–water partition coefficient (Wildman–Crippen LogP) is 1.73. The smallest absolute Gasteiger partial charge is 0.166 e. The quantitative estimate of drug-likeness (QED) is 0.795. The largest absolute Gasteiger partial charge is 0.493 e. The van der Waals surface area contributed by atoms with Gasteiger partial charge in [0.25, 0.3) is 0 Å². The zero-order chi connectivity index (χ0) is 12.9. The van der Waals surface area contributed by atoms with Crippen LogP contribution in [0, 0.1) is 0 Å². The van der Waals surface area contributed by atoms with E-state index in [1.54, 1.807) is 39.2 Å². The molecule has 1 aromatic rings. The van der Waals surface area contributed by atoms with Gasteiger partial charge < -0.3 is 19.7 Å². The maximum Gasteiger partial charge on any atom is 0.166 e. The van der Waals surface area contributed by atoms with Gasteiger partial charge >= 0.3 is 0 Å². The highest BCUT2D eigenvalue weighted by molar-refractivity contribution is 5.46. The minimum Gasteiger partial charge on any atom is -0.493 e. The van der Waals surface area contributed by atoms with Crippen LogP contribution in [0.25, 0.3) is 0 Å². The Morgan fingerprint density at radius 3 is 2.53 bits per heavy atom. The van der Waals surface area contributed by atoms with Crippen LogP contribution in [-0.4, -0.2) is 29.5 Å². The zero-order valence-corrected chi connectivity index (χ0v) is 10.6. The van der Waals surface area contributed by atoms with E-state index in [0.29, 0.717) is 30.1 Å². The van der Waals surface area contributed by atoms with Crippen LogP contribution in [0.2, 0.25) is 0 Å². The average molecular weight is 240 g/mol. The maximum absolute atomic E-state index is 9.59. The van der Waals surface area contributed by atoms with Crippen molar-refractivity contribution in [2.24, 2.45) is 0 Å². The Balaban J connectivity index is 2.74. The third-order valence-corrected chi connectivity index (χ3v) is 2.41. The molecule has 1 rings (SSSR count). The van der Waals surface area contributed by atoms with E-state index in [-0.39, 0.29) is 6.61 Å². The molecule has 0 fully saturated rings. The summed E-state index contributed by atoms with van der Waals surface area (Å²) >= 11 is 0. The van der Waals surface area contributed by atoms with Gasteiger partial charge in [-0.2, -0.15) is 0 Å². The van der Waals surface area contributed by atoms with Crippen LogP contribution in [0.1, 0.15) is 25.8 Å². The van der Waals surface area contributed by atoms with Crippen LogP contribution >= 0.6 is 0 Å². The van der Waals surface area contributed by atoms with Crippen molar-refractivity contribution in [1.29, 1.82) is 0 Å². The molecule has 0 radical (unpaired) electrons. The monoisotopic (exact) mass is 240 g/mol. The lowest BCUT2D eigenvalue weighted by atomic mass is 10.1. The lowest BCUT2D eigenvalue weighted by Crippen LogP contribution is -2.22. The molecule has 0 aromatic heterocycles. The molecule has 0 heterocycles. The second kappa shape index (κ2) is 5.89. The minimum atomic E-state index is -0.763. The third-order valence-electron chi connectivity index (χ3n) is 2.41. The fourth-order valence-electron chi connectivity index (χ4n) is 1.41. The second-order valence-electron chi connectivity index (χ2n) is 4.52. The summed E-state index contributed by atoms with van der Waals surface area (Å²) < 4.78 is 10.8. The summed E-state index contributed by atoms with van der Waals surface area (Å²) in [5.74, 6) is 1.13. The van der Waals surface area contributed by atoms with Crippen LogP contribution in [0.5, 0.6) is 11.5 Å². The summed E-state index contributed by atoms with van der Waals surface area (Å²) in [4.78, 5) is 0. The number of hydrogen-bond acceptors (Lipinski definition) is 4. The van der Waals surface area contributed by atoms with Gasteiger partial charge in [-0.3, -0.25) is 0 Å². The summed E-state index contributed by atoms with van der Waals surface area (Å²) in [6, 6.07) is 5.35. The van der Waals surface area contributed by atoms with Gasteiger partial charge in [0, 0.05) is 12.0 Å². The Hall–Kier alpha value is -1.26. The Kier molecular flexibility index (Phi) is 4.78. The molecule has 0 aliphatic rings. The van der Waals surface area contributed by atoms with Gasteiger partial charge in [-0.15, -0.1) is 0 Å². The van der Waals surface area contributed by atoms with Crippen molar-refractivity contribution in [3.63, 3.8) is 0 Å². The molecule has 2 N–H and O–H groups in total. The number of benzene rings is 1. The van der Waals surface area contributed by atoms with E-state index in [1.165, 1.54) is 0 Å². The number of hydrogen-bond donors (Lipinski definition) is 2. The van der Waals surface area contributed by atoms with Crippen LogP contribution in [0.3, 0.4) is 0 Å². The van der Waals surface area contributed by atoms with Crippen molar-refractivity contribution in [2.45, 2.75) is 32.5 Å². The third kappa shape index (κ3) is 4.24.